The number of nitrogens with one attached hydrogen (secondary N) is 2. The number of carbonyl (C=O) groups excluding carboxylic acids is 2. The van der Waals surface area contributed by atoms with E-state index in [2.05, 4.69) is 27.7 Å². The van der Waals surface area contributed by atoms with Crippen LogP contribution < -0.4 is 16.4 Å². The minimum atomic E-state index is -0.534. The predicted molar refractivity (Wildman–Crippen MR) is 112 cm³/mol. The molecule has 0 unspecified atom stereocenters. The van der Waals surface area contributed by atoms with Crippen molar-refractivity contribution in [3.63, 3.8) is 0 Å². The Morgan fingerprint density at radius 3 is 2.76 bits per heavy atom. The van der Waals surface area contributed by atoms with Crippen molar-refractivity contribution in [2.75, 3.05) is 18.5 Å². The summed E-state index contributed by atoms with van der Waals surface area (Å²) < 4.78 is 5.43. The molecule has 0 bridgehead atoms. The fraction of sp³-hybridized carbons (Fsp3) is 0.238. The van der Waals surface area contributed by atoms with Crippen LogP contribution >= 0.6 is 11.3 Å². The Kier molecular flexibility index (Phi) is 5.64. The summed E-state index contributed by atoms with van der Waals surface area (Å²) in [5.74, 6) is -0.534. The number of benzene rings is 1. The lowest BCUT2D eigenvalue weighted by Gasteiger charge is -2.23. The number of nitrogens with two attached hydrogens (primary N) is 1. The van der Waals surface area contributed by atoms with Crippen LogP contribution in [0.15, 0.2) is 54.4 Å². The number of thiophene rings is 1. The first-order chi connectivity index (χ1) is 14.1. The highest BCUT2D eigenvalue weighted by Crippen LogP contribution is 2.36. The van der Waals surface area contributed by atoms with Crippen molar-refractivity contribution in [1.82, 2.24) is 10.2 Å². The monoisotopic (exact) mass is 410 g/mol. The van der Waals surface area contributed by atoms with Crippen LogP contribution in [0.1, 0.15) is 26.4 Å². The highest BCUT2D eigenvalue weighted by Gasteiger charge is 2.25. The largest absolute Gasteiger partial charge is 0.376 e. The average molecular weight is 410 g/mol. The molecular weight excluding hydrogens is 388 g/mol. The first kappa shape index (κ1) is 19.2. The minimum absolute atomic E-state index is 0.394. The summed E-state index contributed by atoms with van der Waals surface area (Å²) in [5.41, 5.74) is 8.76. The SMILES string of the molecule is NC(=O)c1c(NC(=O)NC2=CCN(Cc3ccccc3)C=C2)sc2c1CCOC2. The molecule has 0 spiro atoms. The molecule has 0 radical (unpaired) electrons. The molecule has 1 aromatic carbocycles. The third kappa shape index (κ3) is 4.49. The molecular formula is C21H22N4O3S. The molecule has 2 aliphatic rings. The molecule has 2 aromatic rings. The zero-order valence-corrected chi connectivity index (χ0v) is 16.6. The normalized spacial score (nSPS) is 15.4. The van der Waals surface area contributed by atoms with E-state index in [1.165, 1.54) is 16.9 Å². The number of hydrogen-bond donors (Lipinski definition) is 3. The van der Waals surface area contributed by atoms with E-state index in [0.29, 0.717) is 42.4 Å². The summed E-state index contributed by atoms with van der Waals surface area (Å²) in [7, 11) is 0. The van der Waals surface area contributed by atoms with Gasteiger partial charge in [0, 0.05) is 29.9 Å². The minimum Gasteiger partial charge on any atom is -0.376 e. The van der Waals surface area contributed by atoms with E-state index in [1.807, 2.05) is 36.6 Å². The van der Waals surface area contributed by atoms with Crippen LogP contribution in [0.2, 0.25) is 0 Å². The van der Waals surface area contributed by atoms with Crippen molar-refractivity contribution in [2.45, 2.75) is 19.6 Å². The number of anilines is 1. The first-order valence-corrected chi connectivity index (χ1v) is 10.2. The zero-order chi connectivity index (χ0) is 20.2. The summed E-state index contributed by atoms with van der Waals surface area (Å²) in [6.07, 6.45) is 6.39. The van der Waals surface area contributed by atoms with E-state index < -0.39 is 11.9 Å². The Balaban J connectivity index is 1.37. The van der Waals surface area contributed by atoms with Gasteiger partial charge >= 0.3 is 6.03 Å². The number of fused-ring (bicyclic) bond motifs is 1. The van der Waals surface area contributed by atoms with Gasteiger partial charge in [0.2, 0.25) is 0 Å². The van der Waals surface area contributed by atoms with Crippen molar-refractivity contribution in [2.24, 2.45) is 5.73 Å². The fourth-order valence-electron chi connectivity index (χ4n) is 3.40. The van der Waals surface area contributed by atoms with Gasteiger partial charge in [-0.15, -0.1) is 11.3 Å². The van der Waals surface area contributed by atoms with Crippen molar-refractivity contribution in [1.29, 1.82) is 0 Å². The number of urea groups is 1. The quantitative estimate of drug-likeness (QED) is 0.706. The topological polar surface area (TPSA) is 96.7 Å². The number of allylic oxidation sites excluding steroid dienone is 1. The number of hydrogen-bond acceptors (Lipinski definition) is 5. The predicted octanol–water partition coefficient (Wildman–Crippen LogP) is 2.95. The second kappa shape index (κ2) is 8.50. The van der Waals surface area contributed by atoms with Gasteiger partial charge in [-0.2, -0.15) is 0 Å². The molecule has 8 heteroatoms. The Bertz CT molecular complexity index is 981. The van der Waals surface area contributed by atoms with Crippen LogP contribution in [0.4, 0.5) is 9.80 Å². The maximum Gasteiger partial charge on any atom is 0.324 e. The molecule has 0 atom stereocenters. The molecule has 0 saturated carbocycles. The van der Waals surface area contributed by atoms with Gasteiger partial charge in [-0.1, -0.05) is 30.3 Å². The molecule has 0 aliphatic carbocycles. The first-order valence-electron chi connectivity index (χ1n) is 9.36. The number of amides is 3. The van der Waals surface area contributed by atoms with Gasteiger partial charge in [0.15, 0.2) is 0 Å². The standard InChI is InChI=1S/C21H22N4O3S/c22-19(26)18-16-8-11-28-13-17(16)29-20(18)24-21(27)23-15-6-9-25(10-7-15)12-14-4-2-1-3-5-14/h1-7,9H,8,10-13H2,(H2,22,26)(H2,23,24,27). The Morgan fingerprint density at radius 1 is 1.21 bits per heavy atom. The molecule has 4 rings (SSSR count). The van der Waals surface area contributed by atoms with Gasteiger partial charge in [-0.3, -0.25) is 10.1 Å². The van der Waals surface area contributed by atoms with Crippen molar-refractivity contribution < 1.29 is 14.3 Å². The van der Waals surface area contributed by atoms with Crippen LogP contribution in [0.5, 0.6) is 0 Å². The second-order valence-corrected chi connectivity index (χ2v) is 7.95. The molecule has 7 nitrogen and oxygen atoms in total. The molecule has 150 valence electrons. The highest BCUT2D eigenvalue weighted by atomic mass is 32.1. The molecule has 29 heavy (non-hydrogen) atoms. The van der Waals surface area contributed by atoms with Crippen LogP contribution in [0.3, 0.4) is 0 Å². The van der Waals surface area contributed by atoms with E-state index >= 15 is 0 Å². The fourth-order valence-corrected chi connectivity index (χ4v) is 4.59. The maximum absolute atomic E-state index is 12.5. The van der Waals surface area contributed by atoms with Gasteiger partial charge in [0.25, 0.3) is 5.91 Å². The van der Waals surface area contributed by atoms with Gasteiger partial charge < -0.3 is 20.7 Å². The lowest BCUT2D eigenvalue weighted by atomic mass is 10.1. The lowest BCUT2D eigenvalue weighted by Crippen LogP contribution is -2.30. The Labute approximate surface area is 172 Å². The van der Waals surface area contributed by atoms with Crippen LogP contribution in [-0.2, 0) is 24.3 Å². The number of primary amides is 1. The van der Waals surface area contributed by atoms with Crippen molar-refractivity contribution >= 4 is 28.3 Å². The Morgan fingerprint density at radius 2 is 2.03 bits per heavy atom. The van der Waals surface area contributed by atoms with Gasteiger partial charge in [0.05, 0.1) is 18.8 Å². The molecule has 1 aromatic heterocycles. The van der Waals surface area contributed by atoms with Gasteiger partial charge in [-0.25, -0.2) is 4.79 Å². The summed E-state index contributed by atoms with van der Waals surface area (Å²) in [4.78, 5) is 27.4. The van der Waals surface area contributed by atoms with Crippen molar-refractivity contribution in [3.8, 4) is 0 Å². The van der Waals surface area contributed by atoms with Gasteiger partial charge in [-0.05, 0) is 29.7 Å². The average Bonchev–Trinajstić information content (AvgIpc) is 3.08. The van der Waals surface area contributed by atoms with Crippen LogP contribution in [0, 0.1) is 0 Å². The molecule has 4 N–H and O–H groups in total. The van der Waals surface area contributed by atoms with E-state index in [-0.39, 0.29) is 0 Å². The summed E-state index contributed by atoms with van der Waals surface area (Å²) in [5, 5.41) is 6.06. The zero-order valence-electron chi connectivity index (χ0n) is 15.8. The molecule has 3 heterocycles. The Hall–Kier alpha value is -3.10. The van der Waals surface area contributed by atoms with Crippen molar-refractivity contribution in [3.05, 3.63) is 75.9 Å². The van der Waals surface area contributed by atoms with E-state index in [9.17, 15) is 9.59 Å². The highest BCUT2D eigenvalue weighted by molar-refractivity contribution is 7.17. The summed E-state index contributed by atoms with van der Waals surface area (Å²) in [6, 6.07) is 9.80. The smallest absolute Gasteiger partial charge is 0.324 e. The number of nitrogens with zero attached hydrogens (tertiary/aromatic N) is 1. The summed E-state index contributed by atoms with van der Waals surface area (Å²) >= 11 is 1.34. The number of carbonyl (C=O) groups is 2. The number of ether oxygens (including phenoxy) is 1. The van der Waals surface area contributed by atoms with E-state index in [4.69, 9.17) is 10.5 Å². The number of rotatable bonds is 5. The van der Waals surface area contributed by atoms with E-state index in [1.54, 1.807) is 0 Å². The maximum atomic E-state index is 12.5. The second-order valence-electron chi connectivity index (χ2n) is 6.84. The lowest BCUT2D eigenvalue weighted by molar-refractivity contribution is 0.0991. The molecule has 3 amide bonds. The molecule has 2 aliphatic heterocycles. The van der Waals surface area contributed by atoms with Gasteiger partial charge in [0.1, 0.15) is 5.00 Å². The summed E-state index contributed by atoms with van der Waals surface area (Å²) in [6.45, 7) is 2.48. The molecule has 0 fully saturated rings. The molecule has 0 saturated heterocycles. The van der Waals surface area contributed by atoms with E-state index in [0.717, 1.165) is 17.0 Å². The third-order valence-electron chi connectivity index (χ3n) is 4.79. The third-order valence-corrected chi connectivity index (χ3v) is 5.91. The van der Waals surface area contributed by atoms with Crippen LogP contribution in [0.25, 0.3) is 0 Å². The van der Waals surface area contributed by atoms with Crippen LogP contribution in [-0.4, -0.2) is 30.0 Å².